The molecular formula is C24H26BN3O3. The highest BCUT2D eigenvalue weighted by Gasteiger charge is 2.53. The Hall–Kier alpha value is -2.51. The van der Waals surface area contributed by atoms with Gasteiger partial charge in [0.25, 0.3) is 5.91 Å². The van der Waals surface area contributed by atoms with Crippen LogP contribution in [0.4, 0.5) is 11.4 Å². The fourth-order valence-corrected chi connectivity index (χ4v) is 5.94. The summed E-state index contributed by atoms with van der Waals surface area (Å²) in [7, 11) is 6.10. The second-order valence-electron chi connectivity index (χ2n) is 9.16. The van der Waals surface area contributed by atoms with Gasteiger partial charge < -0.3 is 25.0 Å². The molecule has 6 rings (SSSR count). The zero-order valence-electron chi connectivity index (χ0n) is 17.5. The maximum absolute atomic E-state index is 12.4. The van der Waals surface area contributed by atoms with Crippen LogP contribution in [0.25, 0.3) is 0 Å². The van der Waals surface area contributed by atoms with Crippen molar-refractivity contribution in [1.29, 1.82) is 0 Å². The van der Waals surface area contributed by atoms with E-state index < -0.39 is 11.5 Å². The number of aliphatic hydroxyl groups is 1. The number of likely N-dealkylation sites (tertiary alicyclic amines) is 1. The molecule has 2 N–H and O–H groups in total. The van der Waals surface area contributed by atoms with E-state index in [1.807, 2.05) is 12.1 Å². The van der Waals surface area contributed by atoms with Crippen LogP contribution in [0.2, 0.25) is 0 Å². The summed E-state index contributed by atoms with van der Waals surface area (Å²) in [6.07, 6.45) is 3.98. The first-order valence-corrected chi connectivity index (χ1v) is 11.2. The van der Waals surface area contributed by atoms with Crippen LogP contribution in [0.1, 0.15) is 35.4 Å². The van der Waals surface area contributed by atoms with Crippen molar-refractivity contribution in [1.82, 2.24) is 4.90 Å². The number of amides is 1. The number of fused-ring (bicyclic) bond motifs is 4. The molecule has 1 saturated heterocycles. The minimum absolute atomic E-state index is 0.0410. The van der Waals surface area contributed by atoms with Crippen LogP contribution in [0.15, 0.2) is 36.4 Å². The number of ether oxygens (including phenoxy) is 1. The molecule has 0 spiro atoms. The Morgan fingerprint density at radius 3 is 3.03 bits per heavy atom. The molecule has 6 nitrogen and oxygen atoms in total. The van der Waals surface area contributed by atoms with Gasteiger partial charge in [0, 0.05) is 31.5 Å². The topological polar surface area (TPSA) is 65.0 Å². The van der Waals surface area contributed by atoms with E-state index in [9.17, 15) is 9.90 Å². The number of carbonyl (C=O) groups is 1. The third-order valence-corrected chi connectivity index (χ3v) is 7.37. The number of aryl methyl sites for hydroxylation is 1. The third kappa shape index (κ3) is 2.90. The van der Waals surface area contributed by atoms with Crippen LogP contribution in [-0.2, 0) is 17.6 Å². The fourth-order valence-electron chi connectivity index (χ4n) is 5.94. The fraction of sp³-hybridized carbons (Fsp3) is 0.458. The predicted octanol–water partition coefficient (Wildman–Crippen LogP) is 2.00. The Morgan fingerprint density at radius 1 is 1.26 bits per heavy atom. The number of rotatable bonds is 4. The van der Waals surface area contributed by atoms with Crippen LogP contribution >= 0.6 is 0 Å². The van der Waals surface area contributed by atoms with Crippen molar-refractivity contribution in [3.63, 3.8) is 0 Å². The Morgan fingerprint density at radius 2 is 2.13 bits per heavy atom. The molecule has 0 aliphatic carbocycles. The molecule has 3 unspecified atom stereocenters. The summed E-state index contributed by atoms with van der Waals surface area (Å²) < 4.78 is 5.85. The maximum atomic E-state index is 12.4. The van der Waals surface area contributed by atoms with Crippen LogP contribution in [-0.4, -0.2) is 61.7 Å². The molecule has 1 amide bonds. The number of hydrogen-bond donors (Lipinski definition) is 2. The number of nitrogens with one attached hydrogen (secondary N) is 1. The average Bonchev–Trinajstić information content (AvgIpc) is 3.37. The molecule has 0 bridgehead atoms. The first-order chi connectivity index (χ1) is 15.0. The largest absolute Gasteiger partial charge is 0.493 e. The number of anilines is 2. The van der Waals surface area contributed by atoms with Gasteiger partial charge in [-0.15, -0.1) is 0 Å². The standard InChI is InChI=1S/C24H26BN3O3/c25-24(30)23(29)26-19-8-2-7-17-18-14-27(12-9-20(18)28(24)21(17)19)11-3-6-15-4-1-5-16-10-13-31-22(15)16/h1-2,4-5,7-8,18,20,30H,3,6,9-14H2,(H,26,29). The molecule has 4 aliphatic rings. The molecule has 3 atom stereocenters. The zero-order valence-corrected chi connectivity index (χ0v) is 17.5. The molecule has 1 fully saturated rings. The third-order valence-electron chi connectivity index (χ3n) is 7.37. The Bertz CT molecular complexity index is 1060. The summed E-state index contributed by atoms with van der Waals surface area (Å²) in [5, 5.41) is 13.6. The summed E-state index contributed by atoms with van der Waals surface area (Å²) >= 11 is 0. The Labute approximate surface area is 183 Å². The quantitative estimate of drug-likeness (QED) is 0.749. The monoisotopic (exact) mass is 415 g/mol. The van der Waals surface area contributed by atoms with Gasteiger partial charge in [-0.25, -0.2) is 0 Å². The molecule has 2 radical (unpaired) electrons. The molecule has 2 aromatic rings. The van der Waals surface area contributed by atoms with Gasteiger partial charge in [-0.3, -0.25) is 4.79 Å². The van der Waals surface area contributed by atoms with Gasteiger partial charge in [0.2, 0.25) is 0 Å². The van der Waals surface area contributed by atoms with Crippen molar-refractivity contribution in [2.45, 2.75) is 43.3 Å². The van der Waals surface area contributed by atoms with Gasteiger partial charge in [0.05, 0.1) is 18.0 Å². The number of hydrogen-bond acceptors (Lipinski definition) is 5. The lowest BCUT2D eigenvalue weighted by molar-refractivity contribution is -0.127. The van der Waals surface area contributed by atoms with Gasteiger partial charge in [-0.2, -0.15) is 0 Å². The van der Waals surface area contributed by atoms with Crippen LogP contribution < -0.4 is 15.0 Å². The molecule has 4 heterocycles. The van der Waals surface area contributed by atoms with Crippen molar-refractivity contribution in [3.8, 4) is 5.75 Å². The second kappa shape index (κ2) is 7.00. The van der Waals surface area contributed by atoms with E-state index >= 15 is 0 Å². The molecule has 7 heteroatoms. The van der Waals surface area contributed by atoms with E-state index in [1.54, 1.807) is 4.90 Å². The molecule has 4 aliphatic heterocycles. The summed E-state index contributed by atoms with van der Waals surface area (Å²) in [6, 6.07) is 12.5. The minimum Gasteiger partial charge on any atom is -0.493 e. The zero-order chi connectivity index (χ0) is 21.2. The molecule has 0 aromatic heterocycles. The van der Waals surface area contributed by atoms with Gasteiger partial charge in [0.1, 0.15) is 5.75 Å². The van der Waals surface area contributed by atoms with E-state index in [2.05, 4.69) is 34.5 Å². The van der Waals surface area contributed by atoms with Crippen molar-refractivity contribution in [3.05, 3.63) is 53.1 Å². The molecule has 2 aromatic carbocycles. The highest BCUT2D eigenvalue weighted by atomic mass is 16.5. The van der Waals surface area contributed by atoms with E-state index in [0.29, 0.717) is 0 Å². The van der Waals surface area contributed by atoms with Crippen molar-refractivity contribution >= 4 is 25.1 Å². The van der Waals surface area contributed by atoms with E-state index in [-0.39, 0.29) is 12.0 Å². The predicted molar refractivity (Wildman–Crippen MR) is 120 cm³/mol. The summed E-state index contributed by atoms with van der Waals surface area (Å²) in [5.74, 6) is 0.778. The molecule has 31 heavy (non-hydrogen) atoms. The highest BCUT2D eigenvalue weighted by Crippen LogP contribution is 2.52. The summed E-state index contributed by atoms with van der Waals surface area (Å²) in [4.78, 5) is 16.7. The van der Waals surface area contributed by atoms with Crippen molar-refractivity contribution in [2.75, 3.05) is 36.5 Å². The lowest BCUT2D eigenvalue weighted by Crippen LogP contribution is -2.64. The first-order valence-electron chi connectivity index (χ1n) is 11.2. The van der Waals surface area contributed by atoms with Crippen LogP contribution in [0.3, 0.4) is 0 Å². The molecule has 158 valence electrons. The number of piperidine rings is 1. The van der Waals surface area contributed by atoms with Gasteiger partial charge in [0.15, 0.2) is 13.5 Å². The van der Waals surface area contributed by atoms with Crippen molar-refractivity contribution in [2.24, 2.45) is 0 Å². The number of para-hydroxylation sites is 2. The number of carbonyl (C=O) groups excluding carboxylic acids is 1. The van der Waals surface area contributed by atoms with Crippen molar-refractivity contribution < 1.29 is 14.6 Å². The molecule has 0 saturated carbocycles. The van der Waals surface area contributed by atoms with Crippen LogP contribution in [0.5, 0.6) is 5.75 Å². The lowest BCUT2D eigenvalue weighted by atomic mass is 9.83. The van der Waals surface area contributed by atoms with Gasteiger partial charge in [-0.1, -0.05) is 30.3 Å². The second-order valence-corrected chi connectivity index (χ2v) is 9.16. The van der Waals surface area contributed by atoms with Gasteiger partial charge >= 0.3 is 0 Å². The summed E-state index contributed by atoms with van der Waals surface area (Å²) in [5.41, 5.74) is 3.45. The highest BCUT2D eigenvalue weighted by molar-refractivity contribution is 6.33. The number of benzene rings is 2. The van der Waals surface area contributed by atoms with Gasteiger partial charge in [-0.05, 0) is 48.6 Å². The molecular weight excluding hydrogens is 389 g/mol. The Balaban J connectivity index is 1.18. The maximum Gasteiger partial charge on any atom is 0.266 e. The normalized spacial score (nSPS) is 28.5. The summed E-state index contributed by atoms with van der Waals surface area (Å²) in [6.45, 7) is 3.66. The lowest BCUT2D eigenvalue weighted by Gasteiger charge is -2.46. The SMILES string of the molecule is [B]C1(O)C(=O)Nc2cccc3c2N1C1CCN(CCCc2cccc4c2OCC4)CC31. The minimum atomic E-state index is -2.00. The Kier molecular flexibility index (Phi) is 4.34. The smallest absolute Gasteiger partial charge is 0.266 e. The number of nitrogens with zero attached hydrogens (tertiary/aromatic N) is 2. The van der Waals surface area contributed by atoms with E-state index in [1.165, 1.54) is 16.7 Å². The van der Waals surface area contributed by atoms with Crippen LogP contribution in [0, 0.1) is 0 Å². The van der Waals surface area contributed by atoms with E-state index in [4.69, 9.17) is 12.6 Å². The average molecular weight is 415 g/mol. The van der Waals surface area contributed by atoms with E-state index in [0.717, 1.165) is 69.0 Å². The first kappa shape index (κ1) is 19.2.